The van der Waals surface area contributed by atoms with E-state index in [9.17, 15) is 38.2 Å². The van der Waals surface area contributed by atoms with Crippen LogP contribution in [-0.4, -0.2) is 100 Å². The number of nitrogens with zero attached hydrogens (tertiary/aromatic N) is 8. The molecule has 0 amide bonds. The van der Waals surface area contributed by atoms with Gasteiger partial charge in [-0.1, -0.05) is 48.5 Å². The molecule has 2 aliphatic rings. The van der Waals surface area contributed by atoms with Crippen LogP contribution in [0.25, 0.3) is 0 Å². The SMILES string of the molecule is COc1ccc(CN(Cc2ccc(OC)cc2)S(=O)(=O)c2c(S(=O)(=O)Cl)ccc(I)c2C2=NN=NC2)cc1.COc1ccc(CN(Cc2ccc(OC)cc2)S(=O)(=O)c2c(S(=O)(=O)O)ccc(I)c2C2=NCN=N2)cc1. The van der Waals surface area contributed by atoms with E-state index >= 15 is 0 Å². The molecule has 400 valence electrons. The van der Waals surface area contributed by atoms with Gasteiger partial charge in [-0.15, -0.1) is 10.2 Å². The first-order valence-corrected chi connectivity index (χ1v) is 30.8. The minimum atomic E-state index is -4.95. The first-order chi connectivity index (χ1) is 36.1. The molecule has 0 atom stereocenters. The molecule has 0 aliphatic carbocycles. The third-order valence-corrected chi connectivity index (χ3v) is 19.4. The van der Waals surface area contributed by atoms with Crippen LogP contribution in [0.3, 0.4) is 0 Å². The minimum absolute atomic E-state index is 0.00126. The molecule has 0 saturated carbocycles. The van der Waals surface area contributed by atoms with Crippen molar-refractivity contribution in [1.29, 1.82) is 0 Å². The Bertz CT molecular complexity index is 3610. The zero-order valence-corrected chi connectivity index (χ0v) is 48.8. The minimum Gasteiger partial charge on any atom is -0.497 e. The predicted molar refractivity (Wildman–Crippen MR) is 299 cm³/mol. The largest absolute Gasteiger partial charge is 0.497 e. The lowest BCUT2D eigenvalue weighted by Gasteiger charge is -2.25. The highest BCUT2D eigenvalue weighted by Crippen LogP contribution is 2.37. The number of sulfonamides is 2. The maximum atomic E-state index is 14.4. The number of rotatable bonds is 20. The van der Waals surface area contributed by atoms with Crippen molar-refractivity contribution in [2.24, 2.45) is 30.7 Å². The second kappa shape index (κ2) is 24.9. The van der Waals surface area contributed by atoms with E-state index in [-0.39, 0.29) is 62.1 Å². The molecule has 1 N–H and O–H groups in total. The van der Waals surface area contributed by atoms with Crippen molar-refractivity contribution in [3.63, 3.8) is 0 Å². The summed E-state index contributed by atoms with van der Waals surface area (Å²) in [7, 11) is -6.63. The number of methoxy groups -OCH3 is 4. The summed E-state index contributed by atoms with van der Waals surface area (Å²) >= 11 is 3.81. The van der Waals surface area contributed by atoms with Crippen LogP contribution >= 0.6 is 55.9 Å². The van der Waals surface area contributed by atoms with Crippen LogP contribution in [0.15, 0.2) is 172 Å². The number of benzene rings is 6. The summed E-state index contributed by atoms with van der Waals surface area (Å²) in [6.45, 7) is -0.368. The van der Waals surface area contributed by atoms with Crippen LogP contribution in [0.5, 0.6) is 23.0 Å². The van der Waals surface area contributed by atoms with E-state index in [0.717, 1.165) is 10.4 Å². The van der Waals surface area contributed by atoms with E-state index in [4.69, 9.17) is 29.6 Å². The molecule has 8 rings (SSSR count). The summed E-state index contributed by atoms with van der Waals surface area (Å²) in [5, 5.41) is 19.1. The van der Waals surface area contributed by atoms with Gasteiger partial charge in [0.05, 0.1) is 39.7 Å². The fourth-order valence-corrected chi connectivity index (χ4v) is 15.7. The molecular weight excluding hydrogens is 1310 g/mol. The molecule has 6 aromatic rings. The summed E-state index contributed by atoms with van der Waals surface area (Å²) < 4.78 is 142. The second-order valence-electron chi connectivity index (χ2n) is 16.2. The molecule has 21 nitrogen and oxygen atoms in total. The highest BCUT2D eigenvalue weighted by molar-refractivity contribution is 14.1. The molecule has 0 saturated heterocycles. The van der Waals surface area contributed by atoms with Crippen LogP contribution in [-0.2, 0) is 65.4 Å². The molecule has 0 unspecified atom stereocenters. The highest BCUT2D eigenvalue weighted by atomic mass is 127. The van der Waals surface area contributed by atoms with Crippen LogP contribution in [0, 0.1) is 7.14 Å². The first kappa shape index (κ1) is 58.2. The number of amidine groups is 1. The van der Waals surface area contributed by atoms with E-state index in [1.807, 2.05) is 45.2 Å². The summed E-state index contributed by atoms with van der Waals surface area (Å²) in [6.07, 6.45) is 0. The van der Waals surface area contributed by atoms with Crippen molar-refractivity contribution < 1.29 is 57.2 Å². The fourth-order valence-electron chi connectivity index (χ4n) is 7.61. The van der Waals surface area contributed by atoms with Crippen molar-refractivity contribution in [2.75, 3.05) is 41.7 Å². The van der Waals surface area contributed by atoms with Gasteiger partial charge in [-0.2, -0.15) is 27.3 Å². The summed E-state index contributed by atoms with van der Waals surface area (Å²) in [5.74, 6) is 2.38. The van der Waals surface area contributed by atoms with Gasteiger partial charge in [-0.25, -0.2) is 30.2 Å². The standard InChI is InChI=1S/C24H22ClIN4O6S2.C24H23IN4O7S2/c1-35-18-7-3-16(4-8-18)14-30(15-17-5-9-19(36-2)10-6-17)38(33,34)24-22(37(25,31)32)12-11-20(26)23(24)21-13-27-29-28-21;1-35-18-7-3-16(4-8-18)13-29(14-17-5-9-19(36-2)10-6-17)37(30,31)23-21(38(32,33)34)12-11-20(25)22(23)24-26-15-27-28-24/h3-12H,13-15H2,1-2H3;3-12H,13-15H2,1-2H3,(H,32,33,34). The summed E-state index contributed by atoms with van der Waals surface area (Å²) in [6, 6.07) is 32.6. The number of hydrogen-bond acceptors (Lipinski definition) is 18. The predicted octanol–water partition coefficient (Wildman–Crippen LogP) is 8.91. The number of aliphatic imine (C=N–C) groups is 1. The molecule has 0 bridgehead atoms. The Morgan fingerprint density at radius 1 is 0.526 bits per heavy atom. The number of azo groups is 1. The van der Waals surface area contributed by atoms with Crippen LogP contribution < -0.4 is 18.9 Å². The Balaban J connectivity index is 0.000000221. The fraction of sp³-hybridized carbons (Fsp3) is 0.208. The third kappa shape index (κ3) is 13.8. The van der Waals surface area contributed by atoms with Gasteiger partial charge in [0.1, 0.15) is 49.1 Å². The lowest BCUT2D eigenvalue weighted by atomic mass is 10.1. The zero-order valence-electron chi connectivity index (χ0n) is 40.5. The quantitative estimate of drug-likeness (QED) is 0.0425. The van der Waals surface area contributed by atoms with Crippen molar-refractivity contribution in [2.45, 2.75) is 45.8 Å². The Morgan fingerprint density at radius 2 is 0.895 bits per heavy atom. The Hall–Kier alpha value is -5.51. The molecule has 0 aromatic heterocycles. The molecule has 2 aliphatic heterocycles. The Kier molecular flexibility index (Phi) is 19.0. The second-order valence-corrected chi connectivity index (χ2v) is 26.1. The molecule has 0 fully saturated rings. The Morgan fingerprint density at radius 3 is 1.21 bits per heavy atom. The van der Waals surface area contributed by atoms with Gasteiger partial charge in [-0.3, -0.25) is 4.55 Å². The van der Waals surface area contributed by atoms with Gasteiger partial charge in [0, 0.05) is 49.6 Å². The zero-order chi connectivity index (χ0) is 55.0. The first-order valence-electron chi connectivity index (χ1n) is 22.0. The number of hydrogen-bond donors (Lipinski definition) is 1. The molecule has 6 aromatic carbocycles. The van der Waals surface area contributed by atoms with Crippen molar-refractivity contribution >= 4 is 107 Å². The Labute approximate surface area is 471 Å². The topological polar surface area (TPSA) is 274 Å². The number of halogens is 3. The monoisotopic (exact) mass is 1360 g/mol. The van der Waals surface area contributed by atoms with E-state index in [1.54, 1.807) is 97.1 Å². The third-order valence-electron chi connectivity index (χ3n) is 11.4. The van der Waals surface area contributed by atoms with E-state index in [2.05, 4.69) is 30.7 Å². The van der Waals surface area contributed by atoms with Gasteiger partial charge in [0.2, 0.25) is 20.0 Å². The van der Waals surface area contributed by atoms with E-state index < -0.39 is 58.8 Å². The van der Waals surface area contributed by atoms with E-state index in [0.29, 0.717) is 52.4 Å². The molecule has 2 heterocycles. The lowest BCUT2D eigenvalue weighted by molar-refractivity contribution is 0.395. The summed E-state index contributed by atoms with van der Waals surface area (Å²) in [4.78, 5) is 1.72. The maximum Gasteiger partial charge on any atom is 0.295 e. The van der Waals surface area contributed by atoms with Crippen LogP contribution in [0.4, 0.5) is 0 Å². The molecule has 0 spiro atoms. The van der Waals surface area contributed by atoms with Gasteiger partial charge in [0.25, 0.3) is 19.2 Å². The van der Waals surface area contributed by atoms with Gasteiger partial charge < -0.3 is 18.9 Å². The molecule has 0 radical (unpaired) electrons. The average Bonchev–Trinajstić information content (AvgIpc) is 4.16. The van der Waals surface area contributed by atoms with Crippen LogP contribution in [0.2, 0.25) is 0 Å². The average molecular weight is 1360 g/mol. The smallest absolute Gasteiger partial charge is 0.295 e. The maximum absolute atomic E-state index is 14.4. The normalized spacial score (nSPS) is 13.6. The molecule has 28 heteroatoms. The van der Waals surface area contributed by atoms with E-state index in [1.165, 1.54) is 50.9 Å². The van der Waals surface area contributed by atoms with Crippen LogP contribution in [0.1, 0.15) is 33.4 Å². The number of ether oxygens (including phenoxy) is 4. The highest BCUT2D eigenvalue weighted by Gasteiger charge is 2.39. The lowest BCUT2D eigenvalue weighted by Crippen LogP contribution is -2.33. The van der Waals surface area contributed by atoms with Crippen molar-refractivity contribution in [1.82, 2.24) is 8.61 Å². The van der Waals surface area contributed by atoms with Crippen molar-refractivity contribution in [3.05, 3.63) is 162 Å². The van der Waals surface area contributed by atoms with Gasteiger partial charge in [-0.05, 0) is 145 Å². The summed E-state index contributed by atoms with van der Waals surface area (Å²) in [5.41, 5.74) is 2.86. The molecular formula is C48H45ClI2N8O13S4. The molecule has 76 heavy (non-hydrogen) atoms. The van der Waals surface area contributed by atoms with Gasteiger partial charge in [0.15, 0.2) is 12.5 Å². The van der Waals surface area contributed by atoms with Crippen molar-refractivity contribution in [3.8, 4) is 23.0 Å². The van der Waals surface area contributed by atoms with Gasteiger partial charge >= 0.3 is 0 Å².